The highest BCUT2D eigenvalue weighted by atomic mass is 16.2. The van der Waals surface area contributed by atoms with Crippen LogP contribution in [0.3, 0.4) is 0 Å². The number of carbonyl (C=O) groups excluding carboxylic acids is 1. The molecule has 4 nitrogen and oxygen atoms in total. The molecule has 1 fully saturated rings. The van der Waals surface area contributed by atoms with E-state index < -0.39 is 0 Å². The maximum Gasteiger partial charge on any atom is 0.237 e. The van der Waals surface area contributed by atoms with Gasteiger partial charge in [-0.25, -0.2) is 0 Å². The normalized spacial score (nSPS) is 15.6. The van der Waals surface area contributed by atoms with Crippen LogP contribution in [0.2, 0.25) is 0 Å². The molecule has 0 unspecified atom stereocenters. The molecule has 1 saturated heterocycles. The van der Waals surface area contributed by atoms with Crippen molar-refractivity contribution in [2.24, 2.45) is 0 Å². The number of amides is 1. The zero-order valence-electron chi connectivity index (χ0n) is 15.5. The second kappa shape index (κ2) is 7.79. The number of pyridine rings is 1. The molecule has 0 bridgehead atoms. The topological polar surface area (TPSA) is 36.4 Å². The second-order valence-corrected chi connectivity index (χ2v) is 7.03. The lowest BCUT2D eigenvalue weighted by Crippen LogP contribution is -2.50. The predicted octanol–water partition coefficient (Wildman–Crippen LogP) is 2.89. The van der Waals surface area contributed by atoms with E-state index in [0.717, 1.165) is 37.4 Å². The van der Waals surface area contributed by atoms with Gasteiger partial charge in [0.2, 0.25) is 5.91 Å². The van der Waals surface area contributed by atoms with E-state index in [1.165, 1.54) is 16.7 Å². The molecule has 2 heterocycles. The average molecular weight is 337 g/mol. The Morgan fingerprint density at radius 1 is 1.04 bits per heavy atom. The number of benzene rings is 1. The van der Waals surface area contributed by atoms with Crippen molar-refractivity contribution in [3.8, 4) is 0 Å². The summed E-state index contributed by atoms with van der Waals surface area (Å²) in [6.45, 7) is 10.1. The Balaban J connectivity index is 1.52. The molecule has 1 aliphatic rings. The monoisotopic (exact) mass is 337 g/mol. The van der Waals surface area contributed by atoms with Crippen molar-refractivity contribution in [3.63, 3.8) is 0 Å². The lowest BCUT2D eigenvalue weighted by Gasteiger charge is -2.34. The summed E-state index contributed by atoms with van der Waals surface area (Å²) in [6, 6.07) is 12.6. The largest absolute Gasteiger partial charge is 0.336 e. The van der Waals surface area contributed by atoms with Crippen LogP contribution in [-0.2, 0) is 17.8 Å². The van der Waals surface area contributed by atoms with Crippen LogP contribution >= 0.6 is 0 Å². The lowest BCUT2D eigenvalue weighted by atomic mass is 10.1. The molecule has 2 aromatic rings. The SMILES string of the molecule is Cc1cccc(CCN2CCN(Cc3ccc(C)c(C)c3)C(=O)C2)n1. The molecule has 1 aromatic carbocycles. The highest BCUT2D eigenvalue weighted by molar-refractivity contribution is 5.79. The molecule has 1 amide bonds. The maximum atomic E-state index is 12.5. The van der Waals surface area contributed by atoms with Gasteiger partial charge < -0.3 is 4.90 Å². The molecule has 0 radical (unpaired) electrons. The molecule has 3 rings (SSSR count). The van der Waals surface area contributed by atoms with Gasteiger partial charge in [0.25, 0.3) is 0 Å². The Morgan fingerprint density at radius 2 is 1.88 bits per heavy atom. The van der Waals surface area contributed by atoms with Gasteiger partial charge in [0.1, 0.15) is 0 Å². The number of hydrogen-bond acceptors (Lipinski definition) is 3. The third-order valence-corrected chi connectivity index (χ3v) is 4.97. The highest BCUT2D eigenvalue weighted by Crippen LogP contribution is 2.14. The number of hydrogen-bond donors (Lipinski definition) is 0. The molecule has 0 N–H and O–H groups in total. The van der Waals surface area contributed by atoms with Crippen LogP contribution in [0, 0.1) is 20.8 Å². The van der Waals surface area contributed by atoms with Gasteiger partial charge in [0.15, 0.2) is 0 Å². The summed E-state index contributed by atoms with van der Waals surface area (Å²) < 4.78 is 0. The molecular formula is C21H27N3O. The maximum absolute atomic E-state index is 12.5. The van der Waals surface area contributed by atoms with Crippen molar-refractivity contribution >= 4 is 5.91 Å². The van der Waals surface area contributed by atoms with E-state index in [2.05, 4.69) is 48.0 Å². The van der Waals surface area contributed by atoms with Gasteiger partial charge in [-0.2, -0.15) is 0 Å². The summed E-state index contributed by atoms with van der Waals surface area (Å²) in [5, 5.41) is 0. The zero-order valence-corrected chi connectivity index (χ0v) is 15.5. The minimum atomic E-state index is 0.224. The summed E-state index contributed by atoms with van der Waals surface area (Å²) in [7, 11) is 0. The van der Waals surface area contributed by atoms with Crippen LogP contribution < -0.4 is 0 Å². The van der Waals surface area contributed by atoms with E-state index in [1.807, 2.05) is 24.0 Å². The molecule has 4 heteroatoms. The summed E-state index contributed by atoms with van der Waals surface area (Å²) in [5.41, 5.74) is 5.95. The first-order chi connectivity index (χ1) is 12.0. The summed E-state index contributed by atoms with van der Waals surface area (Å²) in [5.74, 6) is 0.224. The third kappa shape index (κ3) is 4.67. The number of carbonyl (C=O) groups is 1. The summed E-state index contributed by atoms with van der Waals surface area (Å²) in [6.07, 6.45) is 0.895. The van der Waals surface area contributed by atoms with Crippen molar-refractivity contribution < 1.29 is 4.79 Å². The Labute approximate surface area is 150 Å². The van der Waals surface area contributed by atoms with Gasteiger partial charge in [-0.05, 0) is 49.6 Å². The standard InChI is InChI=1S/C21H27N3O/c1-16-7-8-19(13-17(16)2)14-24-12-11-23(15-21(24)25)10-9-20-6-4-5-18(3)22-20/h4-8,13H,9-12,14-15H2,1-3H3. The van der Waals surface area contributed by atoms with Crippen LogP contribution in [0.15, 0.2) is 36.4 Å². The minimum Gasteiger partial charge on any atom is -0.336 e. The molecule has 1 aromatic heterocycles. The zero-order chi connectivity index (χ0) is 17.8. The first kappa shape index (κ1) is 17.6. The fraction of sp³-hybridized carbons (Fsp3) is 0.429. The van der Waals surface area contributed by atoms with Crippen molar-refractivity contribution in [2.45, 2.75) is 33.7 Å². The molecule has 0 saturated carbocycles. The molecule has 1 aliphatic heterocycles. The van der Waals surface area contributed by atoms with Gasteiger partial charge >= 0.3 is 0 Å². The van der Waals surface area contributed by atoms with E-state index in [0.29, 0.717) is 13.1 Å². The highest BCUT2D eigenvalue weighted by Gasteiger charge is 2.23. The summed E-state index contributed by atoms with van der Waals surface area (Å²) >= 11 is 0. The smallest absolute Gasteiger partial charge is 0.237 e. The number of rotatable bonds is 5. The van der Waals surface area contributed by atoms with Crippen LogP contribution in [-0.4, -0.2) is 46.9 Å². The quantitative estimate of drug-likeness (QED) is 0.842. The Hall–Kier alpha value is -2.20. The van der Waals surface area contributed by atoms with Crippen molar-refractivity contribution in [2.75, 3.05) is 26.2 Å². The van der Waals surface area contributed by atoms with Gasteiger partial charge in [0, 0.05) is 44.0 Å². The Bertz CT molecular complexity index is 757. The lowest BCUT2D eigenvalue weighted by molar-refractivity contribution is -0.136. The van der Waals surface area contributed by atoms with E-state index >= 15 is 0 Å². The van der Waals surface area contributed by atoms with Crippen LogP contribution in [0.4, 0.5) is 0 Å². The first-order valence-electron chi connectivity index (χ1n) is 9.00. The van der Waals surface area contributed by atoms with Gasteiger partial charge in [-0.3, -0.25) is 14.7 Å². The van der Waals surface area contributed by atoms with E-state index in [4.69, 9.17) is 0 Å². The average Bonchev–Trinajstić information content (AvgIpc) is 2.58. The molecule has 0 aliphatic carbocycles. The molecule has 0 atom stereocenters. The fourth-order valence-electron chi connectivity index (χ4n) is 3.25. The molecule has 132 valence electrons. The molecule has 25 heavy (non-hydrogen) atoms. The number of aromatic nitrogens is 1. The van der Waals surface area contributed by atoms with E-state index in [1.54, 1.807) is 0 Å². The molecular weight excluding hydrogens is 310 g/mol. The number of nitrogens with zero attached hydrogens (tertiary/aromatic N) is 3. The summed E-state index contributed by atoms with van der Waals surface area (Å²) in [4.78, 5) is 21.3. The Morgan fingerprint density at radius 3 is 2.60 bits per heavy atom. The minimum absolute atomic E-state index is 0.224. The molecule has 0 spiro atoms. The van der Waals surface area contributed by atoms with Gasteiger partial charge in [-0.1, -0.05) is 24.3 Å². The third-order valence-electron chi connectivity index (χ3n) is 4.97. The van der Waals surface area contributed by atoms with Crippen LogP contribution in [0.5, 0.6) is 0 Å². The van der Waals surface area contributed by atoms with Crippen molar-refractivity contribution in [1.29, 1.82) is 0 Å². The van der Waals surface area contributed by atoms with Crippen molar-refractivity contribution in [1.82, 2.24) is 14.8 Å². The van der Waals surface area contributed by atoms with Gasteiger partial charge in [0.05, 0.1) is 6.54 Å². The number of piperazine rings is 1. The predicted molar refractivity (Wildman–Crippen MR) is 100 cm³/mol. The van der Waals surface area contributed by atoms with Crippen LogP contribution in [0.25, 0.3) is 0 Å². The second-order valence-electron chi connectivity index (χ2n) is 7.03. The van der Waals surface area contributed by atoms with Crippen molar-refractivity contribution in [3.05, 3.63) is 64.5 Å². The van der Waals surface area contributed by atoms with E-state index in [-0.39, 0.29) is 5.91 Å². The van der Waals surface area contributed by atoms with Gasteiger partial charge in [-0.15, -0.1) is 0 Å². The first-order valence-corrected chi connectivity index (χ1v) is 9.00. The number of aryl methyl sites for hydroxylation is 3. The Kier molecular flexibility index (Phi) is 5.49. The fourth-order valence-corrected chi connectivity index (χ4v) is 3.25. The van der Waals surface area contributed by atoms with E-state index in [9.17, 15) is 4.79 Å². The van der Waals surface area contributed by atoms with Crippen LogP contribution in [0.1, 0.15) is 28.1 Å².